The number of para-hydroxylation sites is 1. The average Bonchev–Trinajstić information content (AvgIpc) is 2.79. The van der Waals surface area contributed by atoms with Crippen LogP contribution in [0.5, 0.6) is 0 Å². The van der Waals surface area contributed by atoms with Gasteiger partial charge in [0.15, 0.2) is 5.82 Å². The lowest BCUT2D eigenvalue weighted by Crippen LogP contribution is -2.43. The van der Waals surface area contributed by atoms with Gasteiger partial charge in [-0.3, -0.25) is 9.59 Å². The van der Waals surface area contributed by atoms with Crippen molar-refractivity contribution in [1.29, 1.82) is 0 Å². The number of anilines is 2. The number of benzene rings is 1. The molecule has 0 radical (unpaired) electrons. The molecule has 31 heavy (non-hydrogen) atoms. The smallest absolute Gasteiger partial charge is 0.234 e. The lowest BCUT2D eigenvalue weighted by Gasteiger charge is -2.32. The van der Waals surface area contributed by atoms with Crippen molar-refractivity contribution in [3.63, 3.8) is 0 Å². The Hall–Kier alpha value is -2.32. The second kappa shape index (κ2) is 11.3. The minimum atomic E-state index is -0.149. The Morgan fingerprint density at radius 1 is 1.26 bits per heavy atom. The molecule has 0 saturated carbocycles. The van der Waals surface area contributed by atoms with Crippen LogP contribution >= 0.6 is 23.4 Å². The summed E-state index contributed by atoms with van der Waals surface area (Å²) < 4.78 is 0. The van der Waals surface area contributed by atoms with E-state index in [9.17, 15) is 9.59 Å². The maximum absolute atomic E-state index is 12.3. The largest absolute Gasteiger partial charge is 0.356 e. The molecular weight excluding hydrogens is 434 g/mol. The minimum absolute atomic E-state index is 0.0203. The number of halogens is 1. The van der Waals surface area contributed by atoms with E-state index in [-0.39, 0.29) is 23.5 Å². The Kier molecular flexibility index (Phi) is 8.54. The first kappa shape index (κ1) is 23.3. The molecule has 166 valence electrons. The zero-order valence-corrected chi connectivity index (χ0v) is 19.4. The van der Waals surface area contributed by atoms with Gasteiger partial charge in [0.05, 0.1) is 22.4 Å². The topological polar surface area (TPSA) is 87.2 Å². The summed E-state index contributed by atoms with van der Waals surface area (Å²) in [5.74, 6) is 0.916. The van der Waals surface area contributed by atoms with Crippen LogP contribution in [0.2, 0.25) is 5.02 Å². The highest BCUT2D eigenvalue weighted by Gasteiger charge is 2.26. The van der Waals surface area contributed by atoms with Crippen molar-refractivity contribution < 1.29 is 9.59 Å². The number of hydrogen-bond donors (Lipinski definition) is 2. The van der Waals surface area contributed by atoms with Gasteiger partial charge in [0.1, 0.15) is 5.03 Å². The van der Waals surface area contributed by atoms with Crippen LogP contribution in [0.1, 0.15) is 31.7 Å². The van der Waals surface area contributed by atoms with Crippen LogP contribution < -0.4 is 15.5 Å². The molecular formula is C22H28ClN5O2S. The Labute approximate surface area is 192 Å². The minimum Gasteiger partial charge on any atom is -0.356 e. The Morgan fingerprint density at radius 2 is 2.10 bits per heavy atom. The molecule has 7 nitrogen and oxygen atoms in total. The Morgan fingerprint density at radius 3 is 2.81 bits per heavy atom. The van der Waals surface area contributed by atoms with E-state index < -0.39 is 0 Å². The van der Waals surface area contributed by atoms with Gasteiger partial charge in [0.2, 0.25) is 11.8 Å². The molecule has 3 rings (SSSR count). The van der Waals surface area contributed by atoms with E-state index in [1.807, 2.05) is 38.1 Å². The summed E-state index contributed by atoms with van der Waals surface area (Å²) in [6.45, 7) is 6.17. The highest BCUT2D eigenvalue weighted by atomic mass is 35.5. The maximum atomic E-state index is 12.3. The fourth-order valence-corrected chi connectivity index (χ4v) is 4.34. The molecule has 0 spiro atoms. The number of aromatic nitrogens is 2. The van der Waals surface area contributed by atoms with E-state index >= 15 is 0 Å². The molecule has 9 heteroatoms. The molecule has 0 aliphatic carbocycles. The fourth-order valence-electron chi connectivity index (χ4n) is 3.46. The number of carbonyl (C=O) groups excluding carboxylic acids is 2. The third-order valence-electron chi connectivity index (χ3n) is 5.13. The van der Waals surface area contributed by atoms with E-state index in [4.69, 9.17) is 11.6 Å². The summed E-state index contributed by atoms with van der Waals surface area (Å²) in [6, 6.07) is 9.26. The number of amides is 2. The van der Waals surface area contributed by atoms with E-state index in [1.54, 1.807) is 6.07 Å². The van der Waals surface area contributed by atoms with Crippen LogP contribution in [0.25, 0.3) is 0 Å². The molecule has 1 aromatic carbocycles. The number of aryl methyl sites for hydroxylation is 1. The van der Waals surface area contributed by atoms with Crippen molar-refractivity contribution in [2.24, 2.45) is 5.92 Å². The first-order chi connectivity index (χ1) is 15.0. The highest BCUT2D eigenvalue weighted by Crippen LogP contribution is 2.26. The first-order valence-electron chi connectivity index (χ1n) is 10.5. The van der Waals surface area contributed by atoms with Crippen LogP contribution in [0.3, 0.4) is 0 Å². The lowest BCUT2D eigenvalue weighted by molar-refractivity contribution is -0.125. The van der Waals surface area contributed by atoms with E-state index in [0.29, 0.717) is 28.8 Å². The molecule has 1 unspecified atom stereocenters. The van der Waals surface area contributed by atoms with E-state index in [0.717, 1.165) is 37.2 Å². The van der Waals surface area contributed by atoms with Gasteiger partial charge >= 0.3 is 0 Å². The summed E-state index contributed by atoms with van der Waals surface area (Å²) in [4.78, 5) is 26.7. The highest BCUT2D eigenvalue weighted by molar-refractivity contribution is 7.99. The third-order valence-corrected chi connectivity index (χ3v) is 6.36. The van der Waals surface area contributed by atoms with E-state index in [1.165, 1.54) is 11.8 Å². The van der Waals surface area contributed by atoms with Gasteiger partial charge in [-0.2, -0.15) is 0 Å². The molecule has 1 aromatic heterocycles. The van der Waals surface area contributed by atoms with Gasteiger partial charge in [-0.15, -0.1) is 10.2 Å². The summed E-state index contributed by atoms with van der Waals surface area (Å²) in [5.41, 5.74) is 1.55. The normalized spacial score (nSPS) is 16.1. The second-order valence-electron chi connectivity index (χ2n) is 7.57. The number of hydrogen-bond acceptors (Lipinski definition) is 6. The summed E-state index contributed by atoms with van der Waals surface area (Å²) in [7, 11) is 0. The quantitative estimate of drug-likeness (QED) is 0.579. The zero-order chi connectivity index (χ0) is 22.2. The Balaban J connectivity index is 1.52. The summed E-state index contributed by atoms with van der Waals surface area (Å²) in [6.07, 6.45) is 2.78. The first-order valence-corrected chi connectivity index (χ1v) is 11.9. The van der Waals surface area contributed by atoms with Gasteiger partial charge in [-0.25, -0.2) is 0 Å². The number of nitrogens with one attached hydrogen (secondary N) is 2. The standard InChI is InChI=1S/C22H28ClN5O2S/c1-3-11-24-22(30)16-7-5-12-28(13-16)18-9-10-20(27-26-18)31-14-19(29)25-21-15(2)6-4-8-17(21)23/h4,6,8-10,16H,3,5,7,11-14H2,1-2H3,(H,24,30)(H,25,29). The van der Waals surface area contributed by atoms with Crippen molar-refractivity contribution in [3.8, 4) is 0 Å². The van der Waals surface area contributed by atoms with Crippen LogP contribution in [0.15, 0.2) is 35.4 Å². The maximum Gasteiger partial charge on any atom is 0.234 e. The molecule has 2 N–H and O–H groups in total. The molecule has 2 aromatic rings. The lowest BCUT2D eigenvalue weighted by atomic mass is 9.97. The van der Waals surface area contributed by atoms with Crippen LogP contribution in [0, 0.1) is 12.8 Å². The van der Waals surface area contributed by atoms with Crippen molar-refractivity contribution in [1.82, 2.24) is 15.5 Å². The van der Waals surface area contributed by atoms with Gasteiger partial charge in [0, 0.05) is 19.6 Å². The van der Waals surface area contributed by atoms with Crippen LogP contribution in [-0.4, -0.2) is 47.4 Å². The monoisotopic (exact) mass is 461 g/mol. The van der Waals surface area contributed by atoms with Crippen molar-refractivity contribution in [3.05, 3.63) is 40.9 Å². The third kappa shape index (κ3) is 6.58. The van der Waals surface area contributed by atoms with Crippen LogP contribution in [-0.2, 0) is 9.59 Å². The Bertz CT molecular complexity index is 889. The summed E-state index contributed by atoms with van der Waals surface area (Å²) in [5, 5.41) is 15.6. The molecule has 1 aliphatic rings. The molecule has 1 saturated heterocycles. The SMILES string of the molecule is CCCNC(=O)C1CCCN(c2ccc(SCC(=O)Nc3c(C)cccc3Cl)nn2)C1. The van der Waals surface area contributed by atoms with Gasteiger partial charge in [-0.1, -0.05) is 42.4 Å². The molecule has 1 fully saturated rings. The average molecular weight is 462 g/mol. The number of nitrogens with zero attached hydrogens (tertiary/aromatic N) is 3. The predicted molar refractivity (Wildman–Crippen MR) is 126 cm³/mol. The molecule has 2 heterocycles. The predicted octanol–water partition coefficient (Wildman–Crippen LogP) is 3.91. The van der Waals surface area contributed by atoms with Crippen LogP contribution in [0.4, 0.5) is 11.5 Å². The van der Waals surface area contributed by atoms with Gasteiger partial charge in [-0.05, 0) is 49.9 Å². The van der Waals surface area contributed by atoms with Gasteiger partial charge in [0.25, 0.3) is 0 Å². The number of piperidine rings is 1. The van der Waals surface area contributed by atoms with Crippen molar-refractivity contribution in [2.45, 2.75) is 38.1 Å². The number of thioether (sulfide) groups is 1. The molecule has 2 amide bonds. The van der Waals surface area contributed by atoms with E-state index in [2.05, 4.69) is 25.7 Å². The second-order valence-corrected chi connectivity index (χ2v) is 8.98. The number of rotatable bonds is 8. The number of carbonyl (C=O) groups is 2. The molecule has 0 bridgehead atoms. The summed E-state index contributed by atoms with van der Waals surface area (Å²) >= 11 is 7.48. The van der Waals surface area contributed by atoms with Crippen molar-refractivity contribution >= 4 is 46.7 Å². The molecule has 1 aliphatic heterocycles. The zero-order valence-electron chi connectivity index (χ0n) is 17.9. The fraction of sp³-hybridized carbons (Fsp3) is 0.455. The van der Waals surface area contributed by atoms with Crippen molar-refractivity contribution in [2.75, 3.05) is 35.6 Å². The molecule has 1 atom stereocenters. The van der Waals surface area contributed by atoms with Gasteiger partial charge < -0.3 is 15.5 Å².